The van der Waals surface area contributed by atoms with E-state index in [1.54, 1.807) is 36.2 Å². The van der Waals surface area contributed by atoms with Crippen LogP contribution in [0.3, 0.4) is 0 Å². The number of aromatic nitrogens is 1. The lowest BCUT2D eigenvalue weighted by atomic mass is 9.84. The van der Waals surface area contributed by atoms with Gasteiger partial charge in [0.15, 0.2) is 0 Å². The van der Waals surface area contributed by atoms with Gasteiger partial charge >= 0.3 is 0 Å². The summed E-state index contributed by atoms with van der Waals surface area (Å²) >= 11 is 0. The first kappa shape index (κ1) is 24.0. The maximum atomic E-state index is 13.3. The van der Waals surface area contributed by atoms with Gasteiger partial charge in [0.25, 0.3) is 5.91 Å². The number of aliphatic hydroxyl groups is 1. The van der Waals surface area contributed by atoms with Crippen LogP contribution in [0.15, 0.2) is 12.3 Å². The average molecular weight is 444 g/mol. The average Bonchev–Trinajstić information content (AvgIpc) is 2.74. The number of hydrogen-bond donors (Lipinski definition) is 1. The third kappa shape index (κ3) is 5.40. The standard InChI is InChI=1S/C24H33N3O5/c1-16-13-27(17(2)15-28)24(30)20-11-18(7-6-10-31-4)12-25-22(20)32-21(16)14-26(3)23(29)19-8-5-9-19/h11-12,16-17,19,21,28H,5,8-10,13-15H2,1-4H3/t16-,17-,21+/m1/s1. The number of carbonyl (C=O) groups is 2. The zero-order valence-electron chi connectivity index (χ0n) is 19.3. The van der Waals surface area contributed by atoms with Gasteiger partial charge in [0.05, 0.1) is 19.2 Å². The molecule has 3 rings (SSSR count). The van der Waals surface area contributed by atoms with Crippen molar-refractivity contribution in [1.82, 2.24) is 14.8 Å². The molecule has 0 bridgehead atoms. The van der Waals surface area contributed by atoms with Crippen LogP contribution in [-0.2, 0) is 9.53 Å². The number of fused-ring (bicyclic) bond motifs is 1. The molecule has 1 aliphatic heterocycles. The van der Waals surface area contributed by atoms with Crippen LogP contribution in [0.2, 0.25) is 0 Å². The number of pyridine rings is 1. The van der Waals surface area contributed by atoms with E-state index >= 15 is 0 Å². The number of nitrogens with zero attached hydrogens (tertiary/aromatic N) is 3. The van der Waals surface area contributed by atoms with E-state index in [1.807, 2.05) is 13.8 Å². The van der Waals surface area contributed by atoms with Crippen molar-refractivity contribution in [3.63, 3.8) is 0 Å². The second kappa shape index (κ2) is 10.8. The number of carbonyl (C=O) groups excluding carboxylic acids is 2. The molecule has 8 nitrogen and oxygen atoms in total. The molecule has 1 aliphatic carbocycles. The lowest BCUT2D eigenvalue weighted by Crippen LogP contribution is -2.51. The Hall–Kier alpha value is -2.63. The minimum Gasteiger partial charge on any atom is -0.472 e. The van der Waals surface area contributed by atoms with Crippen LogP contribution in [0.4, 0.5) is 0 Å². The highest BCUT2D eigenvalue weighted by molar-refractivity contribution is 5.97. The van der Waals surface area contributed by atoms with Crippen LogP contribution in [-0.4, -0.2) is 84.3 Å². The maximum absolute atomic E-state index is 13.3. The van der Waals surface area contributed by atoms with Crippen molar-refractivity contribution in [2.75, 3.05) is 40.5 Å². The summed E-state index contributed by atoms with van der Waals surface area (Å²) in [6, 6.07) is 1.30. The molecule has 0 saturated heterocycles. The zero-order chi connectivity index (χ0) is 23.3. The minimum absolute atomic E-state index is 0.0688. The Labute approximate surface area is 189 Å². The predicted octanol–water partition coefficient (Wildman–Crippen LogP) is 1.56. The lowest BCUT2D eigenvalue weighted by molar-refractivity contribution is -0.138. The van der Waals surface area contributed by atoms with E-state index in [0.29, 0.717) is 24.2 Å². The van der Waals surface area contributed by atoms with Crippen molar-refractivity contribution in [2.24, 2.45) is 11.8 Å². The molecule has 0 radical (unpaired) electrons. The second-order valence-corrected chi connectivity index (χ2v) is 8.78. The van der Waals surface area contributed by atoms with Crippen LogP contribution >= 0.6 is 0 Å². The Bertz CT molecular complexity index is 889. The summed E-state index contributed by atoms with van der Waals surface area (Å²) in [5.41, 5.74) is 0.885. The van der Waals surface area contributed by atoms with Gasteiger partial charge in [-0.15, -0.1) is 0 Å². The fourth-order valence-corrected chi connectivity index (χ4v) is 3.93. The first-order valence-electron chi connectivity index (χ1n) is 11.2. The van der Waals surface area contributed by atoms with E-state index in [1.165, 1.54) is 0 Å². The van der Waals surface area contributed by atoms with Crippen molar-refractivity contribution in [2.45, 2.75) is 45.3 Å². The number of rotatable bonds is 6. The van der Waals surface area contributed by atoms with Gasteiger partial charge in [-0.3, -0.25) is 9.59 Å². The number of likely N-dealkylation sites (N-methyl/N-ethyl adjacent to an activating group) is 1. The molecule has 1 fully saturated rings. The summed E-state index contributed by atoms with van der Waals surface area (Å²) < 4.78 is 11.2. The monoisotopic (exact) mass is 443 g/mol. The van der Waals surface area contributed by atoms with E-state index in [-0.39, 0.29) is 54.9 Å². The van der Waals surface area contributed by atoms with E-state index < -0.39 is 0 Å². The summed E-state index contributed by atoms with van der Waals surface area (Å²) in [5, 5.41) is 9.75. The van der Waals surface area contributed by atoms with Gasteiger partial charge in [-0.25, -0.2) is 4.98 Å². The minimum atomic E-state index is -0.367. The zero-order valence-corrected chi connectivity index (χ0v) is 19.3. The SMILES string of the molecule is COCC#Cc1cnc2c(c1)C(=O)N([C@H](C)CO)C[C@@H](C)[C@H](CN(C)C(=O)C1CCC1)O2. The summed E-state index contributed by atoms with van der Waals surface area (Å²) in [4.78, 5) is 33.8. The van der Waals surface area contributed by atoms with Gasteiger partial charge < -0.3 is 24.4 Å². The third-order valence-electron chi connectivity index (χ3n) is 6.25. The van der Waals surface area contributed by atoms with Crippen molar-refractivity contribution >= 4 is 11.8 Å². The highest BCUT2D eigenvalue weighted by atomic mass is 16.5. The summed E-state index contributed by atoms with van der Waals surface area (Å²) in [6.07, 6.45) is 4.21. The van der Waals surface area contributed by atoms with Gasteiger partial charge in [-0.05, 0) is 25.8 Å². The first-order chi connectivity index (χ1) is 15.3. The van der Waals surface area contributed by atoms with Crippen LogP contribution in [0, 0.1) is 23.7 Å². The summed E-state index contributed by atoms with van der Waals surface area (Å²) in [6.45, 7) is 4.73. The molecule has 174 valence electrons. The highest BCUT2D eigenvalue weighted by Crippen LogP contribution is 2.30. The maximum Gasteiger partial charge on any atom is 0.259 e. The smallest absolute Gasteiger partial charge is 0.259 e. The number of hydrogen-bond acceptors (Lipinski definition) is 6. The highest BCUT2D eigenvalue weighted by Gasteiger charge is 2.36. The van der Waals surface area contributed by atoms with Gasteiger partial charge in [-0.2, -0.15) is 0 Å². The van der Waals surface area contributed by atoms with Crippen LogP contribution in [0.1, 0.15) is 49.0 Å². The molecule has 0 aromatic carbocycles. The predicted molar refractivity (Wildman–Crippen MR) is 119 cm³/mol. The fourth-order valence-electron chi connectivity index (χ4n) is 3.93. The summed E-state index contributed by atoms with van der Waals surface area (Å²) in [5.74, 6) is 5.95. The molecule has 2 aliphatic rings. The molecule has 2 amide bonds. The Kier molecular flexibility index (Phi) is 8.10. The van der Waals surface area contributed by atoms with E-state index in [4.69, 9.17) is 9.47 Å². The molecular formula is C24H33N3O5. The molecular weight excluding hydrogens is 410 g/mol. The third-order valence-corrected chi connectivity index (χ3v) is 6.25. The van der Waals surface area contributed by atoms with Crippen molar-refractivity contribution in [3.05, 3.63) is 23.4 Å². The lowest BCUT2D eigenvalue weighted by Gasteiger charge is -2.38. The molecule has 1 aromatic rings. The molecule has 1 aromatic heterocycles. The van der Waals surface area contributed by atoms with Gasteiger partial charge in [0, 0.05) is 44.3 Å². The number of aliphatic hydroxyl groups excluding tert-OH is 1. The van der Waals surface area contributed by atoms with E-state index in [9.17, 15) is 14.7 Å². The van der Waals surface area contributed by atoms with Crippen molar-refractivity contribution < 1.29 is 24.2 Å². The number of methoxy groups -OCH3 is 1. The van der Waals surface area contributed by atoms with Gasteiger partial charge in [0.2, 0.25) is 11.8 Å². The van der Waals surface area contributed by atoms with Crippen LogP contribution in [0.25, 0.3) is 0 Å². The molecule has 3 atom stereocenters. The topological polar surface area (TPSA) is 92.2 Å². The van der Waals surface area contributed by atoms with E-state index in [2.05, 4.69) is 16.8 Å². The molecule has 32 heavy (non-hydrogen) atoms. The van der Waals surface area contributed by atoms with Crippen LogP contribution < -0.4 is 4.74 Å². The Morgan fingerprint density at radius 2 is 2.22 bits per heavy atom. The molecule has 8 heteroatoms. The molecule has 2 heterocycles. The quantitative estimate of drug-likeness (QED) is 0.671. The molecule has 0 unspecified atom stereocenters. The Balaban J connectivity index is 1.91. The van der Waals surface area contributed by atoms with E-state index in [0.717, 1.165) is 19.3 Å². The molecule has 1 saturated carbocycles. The largest absolute Gasteiger partial charge is 0.472 e. The molecule has 1 N–H and O–H groups in total. The first-order valence-corrected chi connectivity index (χ1v) is 11.2. The Morgan fingerprint density at radius 1 is 1.47 bits per heavy atom. The van der Waals surface area contributed by atoms with Gasteiger partial charge in [-0.1, -0.05) is 25.2 Å². The normalized spacial score (nSPS) is 21.8. The second-order valence-electron chi connectivity index (χ2n) is 8.78. The Morgan fingerprint density at radius 3 is 2.84 bits per heavy atom. The number of amides is 2. The van der Waals surface area contributed by atoms with Crippen molar-refractivity contribution in [3.8, 4) is 17.7 Å². The number of ether oxygens (including phenoxy) is 2. The molecule has 0 spiro atoms. The van der Waals surface area contributed by atoms with Crippen molar-refractivity contribution in [1.29, 1.82) is 0 Å². The summed E-state index contributed by atoms with van der Waals surface area (Å²) in [7, 11) is 3.37. The van der Waals surface area contributed by atoms with Gasteiger partial charge in [0.1, 0.15) is 18.3 Å². The van der Waals surface area contributed by atoms with Crippen LogP contribution in [0.5, 0.6) is 5.88 Å². The fraction of sp³-hybridized carbons (Fsp3) is 0.625.